The van der Waals surface area contributed by atoms with Crippen LogP contribution in [0.15, 0.2) is 108 Å². The minimum Gasteiger partial charge on any atom is -0.352 e. The second-order valence-electron chi connectivity index (χ2n) is 11.6. The van der Waals surface area contributed by atoms with E-state index < -0.39 is 34.3 Å². The molecule has 4 aromatic carbocycles. The van der Waals surface area contributed by atoms with Gasteiger partial charge in [-0.1, -0.05) is 97.2 Å². The molecular formula is C36H37ClFN3O4S. The largest absolute Gasteiger partial charge is 0.352 e. The van der Waals surface area contributed by atoms with E-state index >= 15 is 4.39 Å². The zero-order valence-corrected chi connectivity index (χ0v) is 27.2. The van der Waals surface area contributed by atoms with Crippen molar-refractivity contribution in [2.45, 2.75) is 62.6 Å². The lowest BCUT2D eigenvalue weighted by Gasteiger charge is -2.34. The van der Waals surface area contributed by atoms with Crippen LogP contribution in [0, 0.1) is 12.7 Å². The predicted molar refractivity (Wildman–Crippen MR) is 178 cm³/mol. The van der Waals surface area contributed by atoms with Crippen molar-refractivity contribution in [3.8, 4) is 0 Å². The molecule has 1 aliphatic rings. The van der Waals surface area contributed by atoms with E-state index in [-0.39, 0.29) is 41.1 Å². The predicted octanol–water partition coefficient (Wildman–Crippen LogP) is 6.68. The van der Waals surface area contributed by atoms with E-state index in [1.165, 1.54) is 29.2 Å². The second-order valence-corrected chi connectivity index (χ2v) is 13.8. The Hall–Kier alpha value is -4.21. The summed E-state index contributed by atoms with van der Waals surface area (Å²) in [6.07, 6.45) is 3.82. The molecule has 1 fully saturated rings. The minimum atomic E-state index is -4.26. The molecule has 5 rings (SSSR count). The fraction of sp³-hybridized carbons (Fsp3) is 0.278. The maximum atomic E-state index is 15.1. The average Bonchev–Trinajstić information content (AvgIpc) is 3.57. The molecule has 0 bridgehead atoms. The van der Waals surface area contributed by atoms with Gasteiger partial charge in [0.25, 0.3) is 10.0 Å². The molecule has 1 aliphatic carbocycles. The number of benzene rings is 4. The number of nitrogens with one attached hydrogen (secondary N) is 1. The van der Waals surface area contributed by atoms with E-state index in [4.69, 9.17) is 11.6 Å². The first-order chi connectivity index (χ1) is 22.1. The standard InChI is InChI=1S/C36H37ClFN3O4S/c1-26-20-21-30(23-32(26)37)41(46(44,45)31-17-6-3-7-18-31)25-35(42)40(24-28-14-8-11-19-33(28)38)34(22-27-12-4-2-5-13-27)36(43)39-29-15-9-10-16-29/h2-8,11-14,17-21,23,29,34H,9-10,15-16,22,24-25H2,1H3,(H,39,43)/t34-/m0/s1. The molecular weight excluding hydrogens is 625 g/mol. The molecule has 2 amide bonds. The monoisotopic (exact) mass is 661 g/mol. The lowest BCUT2D eigenvalue weighted by atomic mass is 10.0. The molecule has 1 saturated carbocycles. The molecule has 0 unspecified atom stereocenters. The van der Waals surface area contributed by atoms with Crippen molar-refractivity contribution in [2.75, 3.05) is 10.8 Å². The lowest BCUT2D eigenvalue weighted by Crippen LogP contribution is -2.54. The Labute approximate surface area is 275 Å². The summed E-state index contributed by atoms with van der Waals surface area (Å²) in [6, 6.07) is 26.8. The third-order valence-electron chi connectivity index (χ3n) is 8.32. The molecule has 240 valence electrons. The second kappa shape index (κ2) is 14.9. The van der Waals surface area contributed by atoms with Crippen LogP contribution in [0.25, 0.3) is 0 Å². The van der Waals surface area contributed by atoms with E-state index in [0.29, 0.717) is 5.02 Å². The van der Waals surface area contributed by atoms with Crippen LogP contribution < -0.4 is 9.62 Å². The molecule has 0 spiro atoms. The Morgan fingerprint density at radius 3 is 2.20 bits per heavy atom. The summed E-state index contributed by atoms with van der Waals surface area (Å²) in [6.45, 7) is 0.905. The average molecular weight is 662 g/mol. The van der Waals surface area contributed by atoms with Crippen molar-refractivity contribution >= 4 is 39.1 Å². The van der Waals surface area contributed by atoms with Gasteiger partial charge in [-0.3, -0.25) is 13.9 Å². The molecule has 0 aliphatic heterocycles. The highest BCUT2D eigenvalue weighted by Crippen LogP contribution is 2.29. The number of anilines is 1. The van der Waals surface area contributed by atoms with Crippen LogP contribution in [0.3, 0.4) is 0 Å². The maximum absolute atomic E-state index is 15.1. The molecule has 46 heavy (non-hydrogen) atoms. The third-order valence-corrected chi connectivity index (χ3v) is 10.5. The number of amides is 2. The fourth-order valence-corrected chi connectivity index (χ4v) is 7.32. The Bertz CT molecular complexity index is 1770. The van der Waals surface area contributed by atoms with Gasteiger partial charge >= 0.3 is 0 Å². The van der Waals surface area contributed by atoms with Gasteiger partial charge in [0.2, 0.25) is 11.8 Å². The molecule has 0 radical (unpaired) electrons. The first-order valence-corrected chi connectivity index (χ1v) is 17.2. The Kier molecular flexibility index (Phi) is 10.8. The number of sulfonamides is 1. The minimum absolute atomic E-state index is 0.0139. The molecule has 0 saturated heterocycles. The van der Waals surface area contributed by atoms with Crippen molar-refractivity contribution < 1.29 is 22.4 Å². The Balaban J connectivity index is 1.58. The number of carbonyl (C=O) groups is 2. The zero-order valence-electron chi connectivity index (χ0n) is 25.6. The van der Waals surface area contributed by atoms with Crippen LogP contribution in [-0.2, 0) is 32.6 Å². The van der Waals surface area contributed by atoms with E-state index in [1.807, 2.05) is 30.3 Å². The van der Waals surface area contributed by atoms with E-state index in [9.17, 15) is 18.0 Å². The maximum Gasteiger partial charge on any atom is 0.264 e. The number of halogens is 2. The van der Waals surface area contributed by atoms with E-state index in [2.05, 4.69) is 5.32 Å². The van der Waals surface area contributed by atoms with Crippen LogP contribution in [0.1, 0.15) is 42.4 Å². The SMILES string of the molecule is Cc1ccc(N(CC(=O)N(Cc2ccccc2F)[C@@H](Cc2ccccc2)C(=O)NC2CCCC2)S(=O)(=O)c2ccccc2)cc1Cl. The van der Waals surface area contributed by atoms with Crippen LogP contribution in [0.2, 0.25) is 5.02 Å². The van der Waals surface area contributed by atoms with Gasteiger partial charge in [-0.05, 0) is 61.2 Å². The molecule has 7 nitrogen and oxygen atoms in total. The summed E-state index contributed by atoms with van der Waals surface area (Å²) < 4.78 is 44.3. The fourth-order valence-electron chi connectivity index (χ4n) is 5.72. The third kappa shape index (κ3) is 7.95. The van der Waals surface area contributed by atoms with Crippen LogP contribution in [-0.4, -0.2) is 43.8 Å². The lowest BCUT2D eigenvalue weighted by molar-refractivity contribution is -0.140. The number of hydrogen-bond donors (Lipinski definition) is 1. The number of nitrogens with zero attached hydrogens (tertiary/aromatic N) is 2. The summed E-state index contributed by atoms with van der Waals surface area (Å²) in [5, 5.41) is 3.45. The number of carbonyl (C=O) groups excluding carboxylic acids is 2. The van der Waals surface area contributed by atoms with Crippen molar-refractivity contribution in [3.63, 3.8) is 0 Å². The first-order valence-electron chi connectivity index (χ1n) is 15.3. The topological polar surface area (TPSA) is 86.8 Å². The summed E-state index contributed by atoms with van der Waals surface area (Å²) >= 11 is 6.43. The van der Waals surface area contributed by atoms with Gasteiger partial charge in [-0.15, -0.1) is 0 Å². The van der Waals surface area contributed by atoms with Gasteiger partial charge in [0.05, 0.1) is 10.6 Å². The molecule has 1 atom stereocenters. The highest BCUT2D eigenvalue weighted by Gasteiger charge is 2.36. The summed E-state index contributed by atoms with van der Waals surface area (Å²) in [4.78, 5) is 29.9. The highest BCUT2D eigenvalue weighted by atomic mass is 35.5. The Morgan fingerprint density at radius 2 is 1.54 bits per heavy atom. The van der Waals surface area contributed by atoms with Gasteiger partial charge in [0.15, 0.2) is 0 Å². The van der Waals surface area contributed by atoms with Gasteiger partial charge in [0.1, 0.15) is 18.4 Å². The van der Waals surface area contributed by atoms with Crippen molar-refractivity contribution in [2.24, 2.45) is 0 Å². The molecule has 4 aromatic rings. The summed E-state index contributed by atoms with van der Waals surface area (Å²) in [5.74, 6) is -1.56. The highest BCUT2D eigenvalue weighted by molar-refractivity contribution is 7.92. The molecule has 0 heterocycles. The van der Waals surface area contributed by atoms with Crippen LogP contribution in [0.5, 0.6) is 0 Å². The molecule has 10 heteroatoms. The molecule has 1 N–H and O–H groups in total. The zero-order chi connectivity index (χ0) is 32.7. The van der Waals surface area contributed by atoms with Gasteiger partial charge < -0.3 is 10.2 Å². The van der Waals surface area contributed by atoms with E-state index in [0.717, 1.165) is 41.1 Å². The smallest absolute Gasteiger partial charge is 0.264 e. The van der Waals surface area contributed by atoms with Gasteiger partial charge in [-0.2, -0.15) is 0 Å². The van der Waals surface area contributed by atoms with Gasteiger partial charge in [0, 0.05) is 29.6 Å². The van der Waals surface area contributed by atoms with Crippen molar-refractivity contribution in [1.29, 1.82) is 0 Å². The summed E-state index contributed by atoms with van der Waals surface area (Å²) in [7, 11) is -4.26. The number of rotatable bonds is 12. The van der Waals surface area contributed by atoms with E-state index in [1.54, 1.807) is 55.5 Å². The molecule has 0 aromatic heterocycles. The number of hydrogen-bond acceptors (Lipinski definition) is 4. The van der Waals surface area contributed by atoms with Crippen molar-refractivity contribution in [1.82, 2.24) is 10.2 Å². The summed E-state index contributed by atoms with van der Waals surface area (Å²) in [5.41, 5.74) is 1.94. The number of aryl methyl sites for hydroxylation is 1. The van der Waals surface area contributed by atoms with Gasteiger partial charge in [-0.25, -0.2) is 12.8 Å². The van der Waals surface area contributed by atoms with Crippen LogP contribution >= 0.6 is 11.6 Å². The normalized spacial score (nSPS) is 14.1. The van der Waals surface area contributed by atoms with Crippen LogP contribution in [0.4, 0.5) is 10.1 Å². The van der Waals surface area contributed by atoms with Crippen molar-refractivity contribution in [3.05, 3.63) is 131 Å². The Morgan fingerprint density at radius 1 is 0.913 bits per heavy atom. The first kappa shape index (κ1) is 33.2. The quantitative estimate of drug-likeness (QED) is 0.184.